The van der Waals surface area contributed by atoms with Crippen LogP contribution in [-0.2, 0) is 7.05 Å². The standard InChI is InChI=1S/C17H16N6OS3/c1-22(2)16-20-15-13(27-16)8-12(26-15)14(24)19-10-4-6-11(7-5-10)25-17-21-18-9-23(17)3/h4-9H,1-3H3,(H,19,24). The molecule has 4 aromatic rings. The lowest BCUT2D eigenvalue weighted by Crippen LogP contribution is -2.10. The van der Waals surface area contributed by atoms with E-state index in [1.54, 1.807) is 17.7 Å². The number of fused-ring (bicyclic) bond motifs is 1. The molecule has 0 aliphatic rings. The molecule has 0 bridgehead atoms. The summed E-state index contributed by atoms with van der Waals surface area (Å²) in [6, 6.07) is 9.57. The van der Waals surface area contributed by atoms with Crippen LogP contribution in [0.25, 0.3) is 9.53 Å². The van der Waals surface area contributed by atoms with E-state index in [0.717, 1.165) is 30.4 Å². The summed E-state index contributed by atoms with van der Waals surface area (Å²) in [4.78, 5) is 21.6. The molecule has 1 aromatic carbocycles. The van der Waals surface area contributed by atoms with Gasteiger partial charge in [-0.15, -0.1) is 21.5 Å². The fraction of sp³-hybridized carbons (Fsp3) is 0.176. The van der Waals surface area contributed by atoms with Crippen LogP contribution in [0.4, 0.5) is 10.8 Å². The summed E-state index contributed by atoms with van der Waals surface area (Å²) in [6.45, 7) is 0. The molecule has 3 aromatic heterocycles. The molecule has 0 radical (unpaired) electrons. The van der Waals surface area contributed by atoms with Gasteiger partial charge >= 0.3 is 0 Å². The SMILES string of the molecule is CN(C)c1nc2sc(C(=O)Nc3ccc(Sc4nncn4C)cc3)cc2s1. The van der Waals surface area contributed by atoms with Crippen LogP contribution in [0, 0.1) is 0 Å². The predicted octanol–water partition coefficient (Wildman–Crippen LogP) is 3.96. The summed E-state index contributed by atoms with van der Waals surface area (Å²) < 4.78 is 2.89. The van der Waals surface area contributed by atoms with Gasteiger partial charge in [0.15, 0.2) is 10.3 Å². The molecule has 3 heterocycles. The molecule has 1 amide bonds. The molecule has 7 nitrogen and oxygen atoms in total. The molecular weight excluding hydrogens is 400 g/mol. The number of thiophene rings is 1. The van der Waals surface area contributed by atoms with Gasteiger partial charge in [0.05, 0.1) is 9.58 Å². The molecule has 0 saturated heterocycles. The number of amides is 1. The number of carbonyl (C=O) groups excluding carboxylic acids is 1. The highest BCUT2D eigenvalue weighted by Crippen LogP contribution is 2.34. The van der Waals surface area contributed by atoms with E-state index < -0.39 is 0 Å². The van der Waals surface area contributed by atoms with Crippen LogP contribution in [0.2, 0.25) is 0 Å². The fourth-order valence-corrected chi connectivity index (χ4v) is 5.09. The van der Waals surface area contributed by atoms with Crippen molar-refractivity contribution in [1.82, 2.24) is 19.7 Å². The molecule has 0 spiro atoms. The smallest absolute Gasteiger partial charge is 0.265 e. The van der Waals surface area contributed by atoms with E-state index in [9.17, 15) is 4.79 Å². The van der Waals surface area contributed by atoms with Crippen LogP contribution in [-0.4, -0.2) is 39.8 Å². The summed E-state index contributed by atoms with van der Waals surface area (Å²) in [5, 5.41) is 12.6. The van der Waals surface area contributed by atoms with E-state index in [1.807, 2.05) is 60.9 Å². The third-order valence-corrected chi connectivity index (χ3v) is 7.06. The Balaban J connectivity index is 1.44. The van der Waals surface area contributed by atoms with Crippen molar-refractivity contribution in [2.24, 2.45) is 7.05 Å². The number of hydrogen-bond acceptors (Lipinski definition) is 8. The zero-order valence-corrected chi connectivity index (χ0v) is 17.3. The number of thiazole rings is 1. The monoisotopic (exact) mass is 416 g/mol. The average Bonchev–Trinajstić information content (AvgIpc) is 3.31. The summed E-state index contributed by atoms with van der Waals surface area (Å²) in [7, 11) is 5.82. The van der Waals surface area contributed by atoms with Gasteiger partial charge in [-0.1, -0.05) is 11.3 Å². The normalized spacial score (nSPS) is 11.1. The third-order valence-electron chi connectivity index (χ3n) is 3.68. The molecule has 138 valence electrons. The molecule has 0 fully saturated rings. The molecular formula is C17H16N6OS3. The first-order chi connectivity index (χ1) is 13.0. The van der Waals surface area contributed by atoms with E-state index in [1.165, 1.54) is 23.1 Å². The minimum atomic E-state index is -0.120. The Labute approximate surface area is 168 Å². The van der Waals surface area contributed by atoms with E-state index >= 15 is 0 Å². The first kappa shape index (κ1) is 18.0. The number of rotatable bonds is 5. The van der Waals surface area contributed by atoms with Crippen molar-refractivity contribution >= 4 is 60.7 Å². The average molecular weight is 417 g/mol. The predicted molar refractivity (Wildman–Crippen MR) is 111 cm³/mol. The first-order valence-electron chi connectivity index (χ1n) is 8.00. The fourth-order valence-electron chi connectivity index (χ4n) is 2.30. The second kappa shape index (κ2) is 7.29. The lowest BCUT2D eigenvalue weighted by Gasteiger charge is -2.06. The van der Waals surface area contributed by atoms with Gasteiger partial charge in [-0.3, -0.25) is 4.79 Å². The molecule has 0 atom stereocenters. The van der Waals surface area contributed by atoms with E-state index in [-0.39, 0.29) is 5.91 Å². The molecule has 0 unspecified atom stereocenters. The molecule has 4 rings (SSSR count). The number of benzene rings is 1. The van der Waals surface area contributed by atoms with E-state index in [2.05, 4.69) is 20.5 Å². The summed E-state index contributed by atoms with van der Waals surface area (Å²) in [5.41, 5.74) is 0.751. The van der Waals surface area contributed by atoms with Gasteiger partial charge < -0.3 is 14.8 Å². The van der Waals surface area contributed by atoms with E-state index in [4.69, 9.17) is 0 Å². The second-order valence-corrected chi connectivity index (χ2v) is 9.06. The zero-order valence-electron chi connectivity index (χ0n) is 14.8. The van der Waals surface area contributed by atoms with Crippen LogP contribution in [0.3, 0.4) is 0 Å². The summed E-state index contributed by atoms with van der Waals surface area (Å²) in [5.74, 6) is -0.120. The Kier molecular flexibility index (Phi) is 4.85. The van der Waals surface area contributed by atoms with Crippen LogP contribution >= 0.6 is 34.4 Å². The summed E-state index contributed by atoms with van der Waals surface area (Å²) in [6.07, 6.45) is 1.67. The molecule has 0 aliphatic heterocycles. The first-order valence-corrected chi connectivity index (χ1v) is 10.5. The van der Waals surface area contributed by atoms with Crippen molar-refractivity contribution in [2.75, 3.05) is 24.3 Å². The Hall–Kier alpha value is -2.43. The van der Waals surface area contributed by atoms with Crippen molar-refractivity contribution in [3.8, 4) is 0 Å². The van der Waals surface area contributed by atoms with Gasteiger partial charge in [0.2, 0.25) is 0 Å². The molecule has 0 saturated carbocycles. The van der Waals surface area contributed by atoms with Gasteiger partial charge in [0.25, 0.3) is 5.91 Å². The van der Waals surface area contributed by atoms with Crippen LogP contribution in [0.1, 0.15) is 9.67 Å². The van der Waals surface area contributed by atoms with Gasteiger partial charge in [-0.25, -0.2) is 4.98 Å². The number of aryl methyl sites for hydroxylation is 1. The Morgan fingerprint density at radius 3 is 2.63 bits per heavy atom. The van der Waals surface area contributed by atoms with Crippen LogP contribution in [0.15, 0.2) is 46.7 Å². The minimum Gasteiger partial charge on any atom is -0.354 e. The van der Waals surface area contributed by atoms with Crippen molar-refractivity contribution in [3.63, 3.8) is 0 Å². The highest BCUT2D eigenvalue weighted by atomic mass is 32.2. The Bertz CT molecular complexity index is 1060. The second-order valence-electron chi connectivity index (χ2n) is 5.98. The van der Waals surface area contributed by atoms with Gasteiger partial charge in [-0.05, 0) is 42.1 Å². The number of hydrogen-bond donors (Lipinski definition) is 1. The Morgan fingerprint density at radius 2 is 2.00 bits per heavy atom. The lowest BCUT2D eigenvalue weighted by molar-refractivity contribution is 0.103. The zero-order chi connectivity index (χ0) is 19.0. The highest BCUT2D eigenvalue weighted by molar-refractivity contribution is 7.99. The maximum absolute atomic E-state index is 12.5. The molecule has 10 heteroatoms. The molecule has 27 heavy (non-hydrogen) atoms. The van der Waals surface area contributed by atoms with E-state index in [0.29, 0.717) is 4.88 Å². The molecule has 1 N–H and O–H groups in total. The summed E-state index contributed by atoms with van der Waals surface area (Å²) >= 11 is 4.51. The third kappa shape index (κ3) is 3.82. The largest absolute Gasteiger partial charge is 0.354 e. The number of aromatic nitrogens is 4. The van der Waals surface area contributed by atoms with Crippen LogP contribution in [0.5, 0.6) is 0 Å². The van der Waals surface area contributed by atoms with Gasteiger partial charge in [-0.2, -0.15) is 0 Å². The number of nitrogens with one attached hydrogen (secondary N) is 1. The van der Waals surface area contributed by atoms with Crippen molar-refractivity contribution in [1.29, 1.82) is 0 Å². The number of anilines is 2. The van der Waals surface area contributed by atoms with Gasteiger partial charge in [0, 0.05) is 31.7 Å². The quantitative estimate of drug-likeness (QED) is 0.531. The maximum atomic E-state index is 12.5. The van der Waals surface area contributed by atoms with Crippen LogP contribution < -0.4 is 10.2 Å². The highest BCUT2D eigenvalue weighted by Gasteiger charge is 2.15. The van der Waals surface area contributed by atoms with Crippen molar-refractivity contribution < 1.29 is 4.79 Å². The molecule has 0 aliphatic carbocycles. The number of carbonyl (C=O) groups is 1. The van der Waals surface area contributed by atoms with Crippen molar-refractivity contribution in [3.05, 3.63) is 41.5 Å². The lowest BCUT2D eigenvalue weighted by atomic mass is 10.3. The Morgan fingerprint density at radius 1 is 1.22 bits per heavy atom. The number of nitrogens with zero attached hydrogens (tertiary/aromatic N) is 5. The maximum Gasteiger partial charge on any atom is 0.265 e. The minimum absolute atomic E-state index is 0.120. The van der Waals surface area contributed by atoms with Crippen molar-refractivity contribution in [2.45, 2.75) is 10.1 Å². The topological polar surface area (TPSA) is 75.9 Å². The van der Waals surface area contributed by atoms with Gasteiger partial charge in [0.1, 0.15) is 11.2 Å².